The van der Waals surface area contributed by atoms with Crippen LogP contribution in [0.15, 0.2) is 11.6 Å². The molecule has 0 radical (unpaired) electrons. The molecule has 0 aliphatic carbocycles. The van der Waals surface area contributed by atoms with Crippen molar-refractivity contribution in [2.75, 3.05) is 19.3 Å². The summed E-state index contributed by atoms with van der Waals surface area (Å²) in [6, 6.07) is -2.77. The minimum Gasteiger partial charge on any atom is -1.00 e. The summed E-state index contributed by atoms with van der Waals surface area (Å²) in [5.41, 5.74) is 0.421. The van der Waals surface area contributed by atoms with Crippen LogP contribution in [0.1, 0.15) is 15.3 Å². The molecule has 2 rings (SSSR count). The number of nitrogens with zero attached hydrogens (tertiary/aromatic N) is 3. The Hall–Kier alpha value is -1.65. The summed E-state index contributed by atoms with van der Waals surface area (Å²) in [7, 11) is -3.72. The summed E-state index contributed by atoms with van der Waals surface area (Å²) in [6.45, 7) is 3.07. The Morgan fingerprint density at radius 3 is 2.63 bits per heavy atom. The van der Waals surface area contributed by atoms with Crippen LogP contribution in [0.25, 0.3) is 0 Å². The Labute approximate surface area is 168 Å². The van der Waals surface area contributed by atoms with E-state index in [9.17, 15) is 27.2 Å². The summed E-state index contributed by atoms with van der Waals surface area (Å²) < 4.78 is 36.1. The van der Waals surface area contributed by atoms with Gasteiger partial charge in [-0.1, -0.05) is 6.08 Å². The fourth-order valence-electron chi connectivity index (χ4n) is 2.81. The van der Waals surface area contributed by atoms with Crippen LogP contribution >= 0.6 is 0 Å². The van der Waals surface area contributed by atoms with Crippen LogP contribution in [0.4, 0.5) is 9.18 Å². The minimum atomic E-state index is -3.72. The third-order valence-electron chi connectivity index (χ3n) is 3.81. The van der Waals surface area contributed by atoms with Gasteiger partial charge < -0.3 is 11.4 Å². The minimum absolute atomic E-state index is 0. The maximum atomic E-state index is 13.3. The van der Waals surface area contributed by atoms with Crippen molar-refractivity contribution in [2.45, 2.75) is 32.3 Å². The van der Waals surface area contributed by atoms with E-state index in [1.54, 1.807) is 13.8 Å². The number of rotatable bonds is 7. The van der Waals surface area contributed by atoms with Gasteiger partial charge in [-0.05, 0) is 19.4 Å². The first-order valence-electron chi connectivity index (χ1n) is 7.56. The number of carboxylic acid groups (broad SMARTS) is 1. The van der Waals surface area contributed by atoms with E-state index in [4.69, 9.17) is 5.11 Å². The number of hydrazine groups is 1. The summed E-state index contributed by atoms with van der Waals surface area (Å²) in [6.07, 6.45) is -0.374. The van der Waals surface area contributed by atoms with Crippen LogP contribution in [-0.4, -0.2) is 84.2 Å². The number of hydrogen-bond donors (Lipinski definition) is 2. The first kappa shape index (κ1) is 23.4. The predicted molar refractivity (Wildman–Crippen MR) is 85.4 cm³/mol. The van der Waals surface area contributed by atoms with Crippen molar-refractivity contribution in [3.05, 3.63) is 11.6 Å². The van der Waals surface area contributed by atoms with Gasteiger partial charge in [0.15, 0.2) is 0 Å². The van der Waals surface area contributed by atoms with Crippen molar-refractivity contribution in [1.29, 1.82) is 0 Å². The van der Waals surface area contributed by atoms with Gasteiger partial charge in [0.25, 0.3) is 5.91 Å². The molecule has 2 aliphatic heterocycles. The quantitative estimate of drug-likeness (QED) is 0.253. The number of nitrogens with one attached hydrogen (secondary N) is 1. The molecule has 2 bridgehead atoms. The summed E-state index contributed by atoms with van der Waals surface area (Å²) in [4.78, 5) is 43.4. The van der Waals surface area contributed by atoms with E-state index in [0.29, 0.717) is 10.6 Å². The number of amides is 3. The number of fused-ring (bicyclic) bond motifs is 2. The van der Waals surface area contributed by atoms with E-state index in [1.165, 1.54) is 6.08 Å². The molecule has 3 amide bonds. The van der Waals surface area contributed by atoms with Gasteiger partial charge in [-0.3, -0.25) is 9.80 Å². The van der Waals surface area contributed by atoms with Gasteiger partial charge in [-0.2, -0.15) is 5.06 Å². The van der Waals surface area contributed by atoms with Gasteiger partial charge in [-0.15, -0.1) is 4.83 Å². The summed E-state index contributed by atoms with van der Waals surface area (Å²) in [5, 5.41) is 10.00. The summed E-state index contributed by atoms with van der Waals surface area (Å²) >= 11 is 0. The first-order chi connectivity index (χ1) is 12.0. The Balaban J connectivity index is 0.00000364. The van der Waals surface area contributed by atoms with E-state index in [0.717, 1.165) is 16.2 Å². The molecule has 0 aromatic rings. The van der Waals surface area contributed by atoms with Crippen molar-refractivity contribution in [1.82, 2.24) is 19.8 Å². The predicted octanol–water partition coefficient (Wildman–Crippen LogP) is -3.84. The van der Waals surface area contributed by atoms with Gasteiger partial charge in [-0.25, -0.2) is 27.2 Å². The molecule has 0 aromatic heterocycles. The topological polar surface area (TPSA) is 137 Å². The molecule has 0 spiro atoms. The van der Waals surface area contributed by atoms with Gasteiger partial charge in [0.2, 0.25) is 10.0 Å². The van der Waals surface area contributed by atoms with E-state index in [1.807, 2.05) is 0 Å². The smallest absolute Gasteiger partial charge is 1.00 e. The molecule has 2 aliphatic rings. The molecule has 1 saturated heterocycles. The van der Waals surface area contributed by atoms with Crippen LogP contribution in [0, 0.1) is 0 Å². The number of sulfonamides is 1. The number of carbonyl (C=O) groups excluding carboxylic acids is 2. The molecule has 11 nitrogen and oxygen atoms in total. The number of aliphatic carboxylic acids is 1. The zero-order valence-electron chi connectivity index (χ0n) is 16.2. The number of alkyl halides is 1. The zero-order chi connectivity index (χ0) is 19.8. The molecule has 0 saturated carbocycles. The summed E-state index contributed by atoms with van der Waals surface area (Å²) in [5.74, 6) is -2.59. The number of hydrogen-bond acceptors (Lipinski definition) is 6. The number of urea groups is 1. The Morgan fingerprint density at radius 1 is 1.56 bits per heavy atom. The molecule has 14 heteroatoms. The molecule has 148 valence electrons. The van der Waals surface area contributed by atoms with Gasteiger partial charge in [0.05, 0.1) is 18.8 Å². The number of carbonyl (C=O) groups is 3. The van der Waals surface area contributed by atoms with Crippen molar-refractivity contribution < 1.29 is 57.4 Å². The molecule has 2 heterocycles. The third kappa shape index (κ3) is 4.99. The van der Waals surface area contributed by atoms with Crippen molar-refractivity contribution in [3.63, 3.8) is 0 Å². The average molecular weight is 402 g/mol. The number of carboxylic acids is 1. The fraction of sp³-hybridized carbons (Fsp3) is 0.615. The molecule has 1 fully saturated rings. The third-order valence-corrected chi connectivity index (χ3v) is 4.36. The molecule has 2 N–H and O–H groups in total. The Morgan fingerprint density at radius 2 is 2.15 bits per heavy atom. The second kappa shape index (κ2) is 8.57. The largest absolute Gasteiger partial charge is 1.00 e. The number of halogens is 1. The van der Waals surface area contributed by atoms with Crippen molar-refractivity contribution in [2.24, 2.45) is 0 Å². The first-order valence-corrected chi connectivity index (χ1v) is 9.46. The molecular formula is C13H20FLiN4O7S. The second-order valence-corrected chi connectivity index (χ2v) is 7.57. The van der Waals surface area contributed by atoms with Crippen molar-refractivity contribution >= 4 is 27.9 Å². The normalized spacial score (nSPS) is 22.8. The fourth-order valence-corrected chi connectivity index (χ4v) is 3.43. The maximum absolute atomic E-state index is 13.3. The molecule has 3 atom stereocenters. The van der Waals surface area contributed by atoms with Crippen molar-refractivity contribution in [3.8, 4) is 0 Å². The standard InChI is InChI=1S/C13H19FN4O7S.Li.H/c1-4-17(15-26(3,23)24)11(19)9-7(2)5-8-6-16(9)13(22)18(8)25-10(14)12(20)21;;/h5,8-10,15H,4,6H2,1-3H3,(H,20,21);;/q;+1;-1/t8-,9+,10-;;/m1../s1. The molecule has 27 heavy (non-hydrogen) atoms. The van der Waals surface area contributed by atoms with Crippen LogP contribution < -0.4 is 23.7 Å². The molecule has 0 aromatic carbocycles. The zero-order valence-corrected chi connectivity index (χ0v) is 16.1. The van der Waals surface area contributed by atoms with Gasteiger partial charge in [0, 0.05) is 6.54 Å². The maximum Gasteiger partial charge on any atom is 1.00 e. The van der Waals surface area contributed by atoms with Crippen LogP contribution in [0.3, 0.4) is 0 Å². The molecule has 0 unspecified atom stereocenters. The average Bonchev–Trinajstić information content (AvgIpc) is 2.76. The van der Waals surface area contributed by atoms with E-state index >= 15 is 0 Å². The second-order valence-electron chi connectivity index (χ2n) is 5.85. The number of hydroxylamine groups is 2. The van der Waals surface area contributed by atoms with Gasteiger partial charge in [0.1, 0.15) is 6.04 Å². The Kier molecular flexibility index (Phi) is 7.43. The molecular weight excluding hydrogens is 382 g/mol. The SMILES string of the molecule is CCN(NS(C)(=O)=O)C(=O)[C@@H]1C(C)=C[C@@H]2CN1C(=O)N2O[C@@H](F)C(=O)O.[H-].[Li+]. The van der Waals surface area contributed by atoms with E-state index in [-0.39, 0.29) is 33.4 Å². The van der Waals surface area contributed by atoms with Crippen LogP contribution in [0.5, 0.6) is 0 Å². The van der Waals surface area contributed by atoms with Crippen LogP contribution in [-0.2, 0) is 24.4 Å². The van der Waals surface area contributed by atoms with Crippen LogP contribution in [0.2, 0.25) is 0 Å². The van der Waals surface area contributed by atoms with E-state index in [2.05, 4.69) is 9.67 Å². The number of likely N-dealkylation sites (N-methyl/N-ethyl adjacent to an activating group) is 1. The van der Waals surface area contributed by atoms with E-state index < -0.39 is 46.4 Å². The monoisotopic (exact) mass is 402 g/mol. The Bertz CT molecular complexity index is 768. The van der Waals surface area contributed by atoms with Gasteiger partial charge >= 0.3 is 37.2 Å².